The van der Waals surface area contributed by atoms with Crippen LogP contribution in [0.25, 0.3) is 0 Å². The Morgan fingerprint density at radius 1 is 0.931 bits per heavy atom. The van der Waals surface area contributed by atoms with Crippen molar-refractivity contribution in [2.24, 2.45) is 0 Å². The number of anilines is 2. The van der Waals surface area contributed by atoms with Crippen LogP contribution >= 0.6 is 11.6 Å². The maximum atomic E-state index is 12.4. The largest absolute Gasteiger partial charge is 0.322 e. The molecule has 10 heteroatoms. The van der Waals surface area contributed by atoms with Crippen molar-refractivity contribution in [2.75, 3.05) is 10.0 Å². The van der Waals surface area contributed by atoms with Crippen molar-refractivity contribution in [2.45, 2.75) is 4.90 Å². The molecule has 3 aromatic rings. The number of benzene rings is 3. The van der Waals surface area contributed by atoms with Crippen LogP contribution in [0.5, 0.6) is 0 Å². The molecule has 0 fully saturated rings. The molecule has 0 radical (unpaired) electrons. The molecule has 3 aromatic carbocycles. The van der Waals surface area contributed by atoms with Gasteiger partial charge in [-0.1, -0.05) is 17.7 Å². The van der Waals surface area contributed by atoms with Gasteiger partial charge in [0.1, 0.15) is 0 Å². The van der Waals surface area contributed by atoms with Crippen LogP contribution in [0, 0.1) is 10.1 Å². The Labute approximate surface area is 171 Å². The Kier molecular flexibility index (Phi) is 5.81. The van der Waals surface area contributed by atoms with Crippen molar-refractivity contribution >= 4 is 44.6 Å². The Bertz CT molecular complexity index is 1160. The number of halogens is 1. The first-order valence-electron chi connectivity index (χ1n) is 8.19. The van der Waals surface area contributed by atoms with E-state index in [9.17, 15) is 23.3 Å². The summed E-state index contributed by atoms with van der Waals surface area (Å²) in [7, 11) is -3.80. The van der Waals surface area contributed by atoms with Gasteiger partial charge in [0.25, 0.3) is 21.6 Å². The summed E-state index contributed by atoms with van der Waals surface area (Å²) in [6.45, 7) is 0. The third-order valence-electron chi connectivity index (χ3n) is 3.84. The van der Waals surface area contributed by atoms with Crippen molar-refractivity contribution in [3.05, 3.63) is 93.5 Å². The highest BCUT2D eigenvalue weighted by Gasteiger charge is 2.15. The fourth-order valence-electron chi connectivity index (χ4n) is 2.42. The van der Waals surface area contributed by atoms with Crippen molar-refractivity contribution in [1.29, 1.82) is 0 Å². The molecule has 0 unspecified atom stereocenters. The lowest BCUT2D eigenvalue weighted by molar-refractivity contribution is -0.384. The zero-order valence-corrected chi connectivity index (χ0v) is 16.3. The molecular formula is C19H14ClN3O5S. The van der Waals surface area contributed by atoms with Gasteiger partial charge in [-0.3, -0.25) is 19.6 Å². The second kappa shape index (κ2) is 8.29. The van der Waals surface area contributed by atoms with Crippen molar-refractivity contribution in [3.8, 4) is 0 Å². The molecule has 8 nitrogen and oxygen atoms in total. The zero-order valence-electron chi connectivity index (χ0n) is 14.7. The maximum absolute atomic E-state index is 12.4. The lowest BCUT2D eigenvalue weighted by atomic mass is 10.2. The minimum atomic E-state index is -3.80. The normalized spacial score (nSPS) is 10.9. The summed E-state index contributed by atoms with van der Waals surface area (Å²) in [5, 5.41) is 13.8. The van der Waals surface area contributed by atoms with Crippen LogP contribution in [0.4, 0.5) is 17.1 Å². The second-order valence-electron chi connectivity index (χ2n) is 5.90. The lowest BCUT2D eigenvalue weighted by Crippen LogP contribution is -2.14. The molecule has 2 N–H and O–H groups in total. The fourth-order valence-corrected chi connectivity index (χ4v) is 3.60. The van der Waals surface area contributed by atoms with E-state index in [1.165, 1.54) is 72.8 Å². The maximum Gasteiger partial charge on any atom is 0.271 e. The first kappa shape index (κ1) is 20.3. The van der Waals surface area contributed by atoms with E-state index in [0.717, 1.165) is 0 Å². The smallest absolute Gasteiger partial charge is 0.271 e. The van der Waals surface area contributed by atoms with Crippen LogP contribution in [0.15, 0.2) is 77.7 Å². The molecule has 0 aliphatic heterocycles. The van der Waals surface area contributed by atoms with E-state index >= 15 is 0 Å². The third-order valence-corrected chi connectivity index (χ3v) is 5.49. The van der Waals surface area contributed by atoms with Gasteiger partial charge in [-0.15, -0.1) is 0 Å². The number of hydrogen-bond donors (Lipinski definition) is 2. The lowest BCUT2D eigenvalue weighted by Gasteiger charge is -2.09. The Balaban J connectivity index is 1.71. The number of carbonyl (C=O) groups is 1. The second-order valence-corrected chi connectivity index (χ2v) is 8.02. The molecule has 0 saturated heterocycles. The van der Waals surface area contributed by atoms with Gasteiger partial charge in [0.05, 0.1) is 9.82 Å². The molecule has 3 rings (SSSR count). The van der Waals surface area contributed by atoms with Gasteiger partial charge in [0.15, 0.2) is 0 Å². The highest BCUT2D eigenvalue weighted by Crippen LogP contribution is 2.20. The average molecular weight is 432 g/mol. The van der Waals surface area contributed by atoms with E-state index in [0.29, 0.717) is 5.02 Å². The van der Waals surface area contributed by atoms with Crippen LogP contribution in [-0.4, -0.2) is 19.2 Å². The van der Waals surface area contributed by atoms with Crippen molar-refractivity contribution < 1.29 is 18.1 Å². The van der Waals surface area contributed by atoms with Crippen LogP contribution in [0.1, 0.15) is 10.4 Å². The number of rotatable bonds is 6. The highest BCUT2D eigenvalue weighted by atomic mass is 35.5. The molecule has 0 aliphatic carbocycles. The first-order valence-corrected chi connectivity index (χ1v) is 10.0. The summed E-state index contributed by atoms with van der Waals surface area (Å²) >= 11 is 5.76. The number of nitro benzene ring substituents is 1. The van der Waals surface area contributed by atoms with E-state index in [2.05, 4.69) is 10.0 Å². The molecular weight excluding hydrogens is 418 g/mol. The number of nitrogens with zero attached hydrogens (tertiary/aromatic N) is 1. The zero-order chi connectivity index (χ0) is 21.0. The first-order chi connectivity index (χ1) is 13.7. The van der Waals surface area contributed by atoms with Gasteiger partial charge < -0.3 is 5.32 Å². The number of carbonyl (C=O) groups excluding carboxylic acids is 1. The summed E-state index contributed by atoms with van der Waals surface area (Å²) in [4.78, 5) is 22.6. The minimum Gasteiger partial charge on any atom is -0.322 e. The monoisotopic (exact) mass is 431 g/mol. The molecule has 0 spiro atoms. The summed E-state index contributed by atoms with van der Waals surface area (Å²) in [6.07, 6.45) is 0. The fraction of sp³-hybridized carbons (Fsp3) is 0. The summed E-state index contributed by atoms with van der Waals surface area (Å²) in [5.41, 5.74) is 0.657. The SMILES string of the molecule is O=C(Nc1cccc([N+](=O)[O-])c1)c1ccc(NS(=O)(=O)c2ccc(Cl)cc2)cc1. The molecule has 29 heavy (non-hydrogen) atoms. The van der Waals surface area contributed by atoms with Crippen LogP contribution in [0.2, 0.25) is 5.02 Å². The van der Waals surface area contributed by atoms with E-state index in [1.54, 1.807) is 0 Å². The van der Waals surface area contributed by atoms with Crippen LogP contribution in [-0.2, 0) is 10.0 Å². The Hall–Kier alpha value is -3.43. The molecule has 0 saturated carbocycles. The molecule has 148 valence electrons. The molecule has 0 bridgehead atoms. The van der Waals surface area contributed by atoms with Crippen molar-refractivity contribution in [1.82, 2.24) is 0 Å². The number of nitrogens with one attached hydrogen (secondary N) is 2. The Morgan fingerprint density at radius 2 is 1.59 bits per heavy atom. The molecule has 0 aliphatic rings. The van der Waals surface area contributed by atoms with Gasteiger partial charge in [0, 0.05) is 34.1 Å². The predicted molar refractivity (Wildman–Crippen MR) is 110 cm³/mol. The quantitative estimate of drug-likeness (QED) is 0.445. The van der Waals surface area contributed by atoms with Crippen LogP contribution in [0.3, 0.4) is 0 Å². The highest BCUT2D eigenvalue weighted by molar-refractivity contribution is 7.92. The Morgan fingerprint density at radius 3 is 2.21 bits per heavy atom. The third kappa shape index (κ3) is 5.09. The van der Waals surface area contributed by atoms with E-state index in [1.807, 2.05) is 0 Å². The molecule has 0 heterocycles. The number of non-ortho nitro benzene ring substituents is 1. The van der Waals surface area contributed by atoms with Gasteiger partial charge in [-0.2, -0.15) is 0 Å². The van der Waals surface area contributed by atoms with Crippen LogP contribution < -0.4 is 10.0 Å². The van der Waals surface area contributed by atoms with E-state index in [4.69, 9.17) is 11.6 Å². The topological polar surface area (TPSA) is 118 Å². The van der Waals surface area contributed by atoms with Gasteiger partial charge >= 0.3 is 0 Å². The summed E-state index contributed by atoms with van der Waals surface area (Å²) in [6, 6.07) is 17.0. The van der Waals surface area contributed by atoms with Gasteiger partial charge in [-0.05, 0) is 54.6 Å². The summed E-state index contributed by atoms with van der Waals surface area (Å²) < 4.78 is 27.2. The standard InChI is InChI=1S/C19H14ClN3O5S/c20-14-6-10-18(11-7-14)29(27,28)22-15-8-4-13(5-9-15)19(24)21-16-2-1-3-17(12-16)23(25)26/h1-12,22H,(H,21,24). The number of hydrogen-bond acceptors (Lipinski definition) is 5. The van der Waals surface area contributed by atoms with Gasteiger partial charge in [0.2, 0.25) is 0 Å². The molecule has 0 atom stereocenters. The van der Waals surface area contributed by atoms with Gasteiger partial charge in [-0.25, -0.2) is 8.42 Å². The number of sulfonamides is 1. The van der Waals surface area contributed by atoms with E-state index < -0.39 is 20.9 Å². The number of amides is 1. The molecule has 1 amide bonds. The molecule has 0 aromatic heterocycles. The van der Waals surface area contributed by atoms with E-state index in [-0.39, 0.29) is 27.5 Å². The van der Waals surface area contributed by atoms with Crippen molar-refractivity contribution in [3.63, 3.8) is 0 Å². The number of nitro groups is 1. The minimum absolute atomic E-state index is 0.0504. The average Bonchev–Trinajstić information content (AvgIpc) is 2.68. The summed E-state index contributed by atoms with van der Waals surface area (Å²) in [5.74, 6) is -0.488. The predicted octanol–water partition coefficient (Wildman–Crippen LogP) is 4.30.